The zero-order valence-corrected chi connectivity index (χ0v) is 13.2. The molecule has 2 aromatic carbocycles. The molecule has 0 saturated heterocycles. The van der Waals surface area contributed by atoms with E-state index in [9.17, 15) is 4.79 Å². The Bertz CT molecular complexity index is 782. The molecule has 1 heterocycles. The smallest absolute Gasteiger partial charge is 0.255 e. The first-order valence-corrected chi connectivity index (χ1v) is 7.73. The Kier molecular flexibility index (Phi) is 4.74. The summed E-state index contributed by atoms with van der Waals surface area (Å²) in [6.45, 7) is 0.577. The highest BCUT2D eigenvalue weighted by Gasteiger charge is 2.14. The quantitative estimate of drug-likeness (QED) is 0.751. The Morgan fingerprint density at radius 2 is 1.83 bits per heavy atom. The van der Waals surface area contributed by atoms with Crippen molar-refractivity contribution in [1.29, 1.82) is 0 Å². The largest absolute Gasteiger partial charge is 0.352 e. The number of nitrogens with zero attached hydrogens (tertiary/aromatic N) is 1. The highest BCUT2D eigenvalue weighted by molar-refractivity contribution is 6.30. The van der Waals surface area contributed by atoms with Crippen LogP contribution in [0, 0.1) is 0 Å². The number of carbonyl (C=O) groups is 1. The molecule has 0 bridgehead atoms. The maximum Gasteiger partial charge on any atom is 0.255 e. The minimum Gasteiger partial charge on any atom is -0.352 e. The van der Waals surface area contributed by atoms with Crippen LogP contribution in [0.15, 0.2) is 60.8 Å². The summed E-state index contributed by atoms with van der Waals surface area (Å²) >= 11 is 5.90. The van der Waals surface area contributed by atoms with Crippen molar-refractivity contribution in [2.24, 2.45) is 0 Å². The molecule has 0 fully saturated rings. The van der Waals surface area contributed by atoms with Crippen LogP contribution in [0.1, 0.15) is 15.9 Å². The van der Waals surface area contributed by atoms with Crippen LogP contribution in [0.4, 0.5) is 0 Å². The van der Waals surface area contributed by atoms with Gasteiger partial charge in [0.15, 0.2) is 0 Å². The number of hydrogen-bond acceptors (Lipinski definition) is 2. The van der Waals surface area contributed by atoms with E-state index in [1.54, 1.807) is 18.3 Å². The molecule has 0 saturated carbocycles. The molecular weight excluding hydrogens is 310 g/mol. The zero-order chi connectivity index (χ0) is 16.1. The topological polar surface area (TPSA) is 57.8 Å². The molecule has 0 unspecified atom stereocenters. The number of amides is 1. The number of hydrogen-bond donors (Lipinski definition) is 2. The van der Waals surface area contributed by atoms with E-state index in [0.717, 1.165) is 12.0 Å². The second-order valence-corrected chi connectivity index (χ2v) is 5.59. The minimum absolute atomic E-state index is 0.139. The summed E-state index contributed by atoms with van der Waals surface area (Å²) in [6, 6.07) is 17.3. The van der Waals surface area contributed by atoms with Crippen LogP contribution >= 0.6 is 11.6 Å². The third-order valence-corrected chi connectivity index (χ3v) is 3.81. The van der Waals surface area contributed by atoms with Crippen molar-refractivity contribution in [3.05, 3.63) is 76.9 Å². The van der Waals surface area contributed by atoms with E-state index in [4.69, 9.17) is 11.6 Å². The van der Waals surface area contributed by atoms with Crippen molar-refractivity contribution in [2.45, 2.75) is 6.42 Å². The number of aromatic nitrogens is 2. The maximum atomic E-state index is 12.4. The van der Waals surface area contributed by atoms with E-state index in [-0.39, 0.29) is 5.91 Å². The fraction of sp³-hybridized carbons (Fsp3) is 0.111. The molecule has 0 aliphatic rings. The number of H-pyrrole nitrogens is 1. The predicted molar refractivity (Wildman–Crippen MR) is 91.5 cm³/mol. The lowest BCUT2D eigenvalue weighted by atomic mass is 10.1. The van der Waals surface area contributed by atoms with Crippen molar-refractivity contribution < 1.29 is 4.79 Å². The molecule has 0 aliphatic carbocycles. The second-order valence-electron chi connectivity index (χ2n) is 5.16. The molecule has 5 heteroatoms. The normalized spacial score (nSPS) is 10.5. The van der Waals surface area contributed by atoms with Crippen molar-refractivity contribution in [3.63, 3.8) is 0 Å². The van der Waals surface area contributed by atoms with Gasteiger partial charge in [0.2, 0.25) is 0 Å². The van der Waals surface area contributed by atoms with Gasteiger partial charge in [0.05, 0.1) is 17.5 Å². The Morgan fingerprint density at radius 3 is 2.57 bits per heavy atom. The molecule has 116 valence electrons. The molecule has 2 N–H and O–H groups in total. The Labute approximate surface area is 139 Å². The first kappa shape index (κ1) is 15.3. The van der Waals surface area contributed by atoms with E-state index < -0.39 is 0 Å². The average molecular weight is 326 g/mol. The SMILES string of the molecule is O=C(NCCc1ccccc1)c1cn[nH]c1-c1ccc(Cl)cc1. The maximum absolute atomic E-state index is 12.4. The first-order valence-electron chi connectivity index (χ1n) is 7.35. The predicted octanol–water partition coefficient (Wildman–Crippen LogP) is 3.70. The summed E-state index contributed by atoms with van der Waals surface area (Å²) in [7, 11) is 0. The lowest BCUT2D eigenvalue weighted by Crippen LogP contribution is -2.25. The number of benzene rings is 2. The van der Waals surface area contributed by atoms with Gasteiger partial charge in [0.1, 0.15) is 0 Å². The Morgan fingerprint density at radius 1 is 1.09 bits per heavy atom. The molecule has 0 atom stereocenters. The summed E-state index contributed by atoms with van der Waals surface area (Å²) in [5, 5.41) is 10.5. The molecule has 1 amide bonds. The lowest BCUT2D eigenvalue weighted by molar-refractivity contribution is 0.0955. The molecule has 0 spiro atoms. The fourth-order valence-electron chi connectivity index (χ4n) is 2.36. The fourth-order valence-corrected chi connectivity index (χ4v) is 2.48. The van der Waals surface area contributed by atoms with E-state index >= 15 is 0 Å². The van der Waals surface area contributed by atoms with Crippen LogP contribution in [-0.4, -0.2) is 22.6 Å². The number of carbonyl (C=O) groups excluding carboxylic acids is 1. The third kappa shape index (κ3) is 3.79. The van der Waals surface area contributed by atoms with Gasteiger partial charge in [0.25, 0.3) is 5.91 Å². The molecule has 0 radical (unpaired) electrons. The summed E-state index contributed by atoms with van der Waals surface area (Å²) in [4.78, 5) is 12.4. The van der Waals surface area contributed by atoms with Gasteiger partial charge in [-0.3, -0.25) is 9.89 Å². The summed E-state index contributed by atoms with van der Waals surface area (Å²) < 4.78 is 0. The molecule has 23 heavy (non-hydrogen) atoms. The van der Waals surface area contributed by atoms with Crippen LogP contribution in [-0.2, 0) is 6.42 Å². The van der Waals surface area contributed by atoms with Gasteiger partial charge < -0.3 is 5.32 Å². The standard InChI is InChI=1S/C18H16ClN3O/c19-15-8-6-14(7-9-15)17-16(12-21-22-17)18(23)20-11-10-13-4-2-1-3-5-13/h1-9,12H,10-11H2,(H,20,23)(H,21,22). The summed E-state index contributed by atoms with van der Waals surface area (Å²) in [5.41, 5.74) is 3.29. The summed E-state index contributed by atoms with van der Waals surface area (Å²) in [5.74, 6) is -0.139. The minimum atomic E-state index is -0.139. The monoisotopic (exact) mass is 325 g/mol. The van der Waals surface area contributed by atoms with E-state index in [1.165, 1.54) is 5.56 Å². The molecule has 4 nitrogen and oxygen atoms in total. The Hall–Kier alpha value is -2.59. The molecule has 1 aromatic heterocycles. The van der Waals surface area contributed by atoms with Crippen LogP contribution in [0.3, 0.4) is 0 Å². The van der Waals surface area contributed by atoms with Gasteiger partial charge in [-0.15, -0.1) is 0 Å². The molecule has 0 aliphatic heterocycles. The van der Waals surface area contributed by atoms with Crippen molar-refractivity contribution in [2.75, 3.05) is 6.54 Å². The average Bonchev–Trinajstić information content (AvgIpc) is 3.06. The molecular formula is C18H16ClN3O. The zero-order valence-electron chi connectivity index (χ0n) is 12.4. The van der Waals surface area contributed by atoms with Gasteiger partial charge in [-0.1, -0.05) is 54.1 Å². The van der Waals surface area contributed by atoms with Gasteiger partial charge in [0, 0.05) is 17.1 Å². The van der Waals surface area contributed by atoms with Gasteiger partial charge in [-0.25, -0.2) is 0 Å². The van der Waals surface area contributed by atoms with Gasteiger partial charge >= 0.3 is 0 Å². The van der Waals surface area contributed by atoms with Crippen LogP contribution in [0.25, 0.3) is 11.3 Å². The molecule has 3 rings (SSSR count). The Balaban J connectivity index is 1.66. The number of nitrogens with one attached hydrogen (secondary N) is 2. The van der Waals surface area contributed by atoms with Crippen LogP contribution < -0.4 is 5.32 Å². The highest BCUT2D eigenvalue weighted by atomic mass is 35.5. The number of rotatable bonds is 5. The highest BCUT2D eigenvalue weighted by Crippen LogP contribution is 2.22. The molecule has 3 aromatic rings. The van der Waals surface area contributed by atoms with E-state index in [1.807, 2.05) is 42.5 Å². The van der Waals surface area contributed by atoms with Gasteiger partial charge in [-0.2, -0.15) is 5.10 Å². The second kappa shape index (κ2) is 7.11. The van der Waals surface area contributed by atoms with Crippen molar-refractivity contribution in [3.8, 4) is 11.3 Å². The van der Waals surface area contributed by atoms with Crippen molar-refractivity contribution >= 4 is 17.5 Å². The third-order valence-electron chi connectivity index (χ3n) is 3.56. The van der Waals surface area contributed by atoms with Crippen molar-refractivity contribution in [1.82, 2.24) is 15.5 Å². The van der Waals surface area contributed by atoms with Crippen LogP contribution in [0.5, 0.6) is 0 Å². The van der Waals surface area contributed by atoms with E-state index in [0.29, 0.717) is 22.8 Å². The lowest BCUT2D eigenvalue weighted by Gasteiger charge is -2.06. The number of aromatic amines is 1. The van der Waals surface area contributed by atoms with E-state index in [2.05, 4.69) is 15.5 Å². The van der Waals surface area contributed by atoms with Gasteiger partial charge in [-0.05, 0) is 24.1 Å². The van der Waals surface area contributed by atoms with Crippen LogP contribution in [0.2, 0.25) is 5.02 Å². The summed E-state index contributed by atoms with van der Waals surface area (Å²) in [6.07, 6.45) is 2.34. The number of halogens is 1. The first-order chi connectivity index (χ1) is 11.2.